The Morgan fingerprint density at radius 2 is 0.646 bits per heavy atom. The molecule has 12 aromatic carbocycles. The molecular formula is C109H114N2O2. The normalized spacial score (nSPS) is 15.5. The first-order valence-corrected chi connectivity index (χ1v) is 43.9. The van der Waals surface area contributed by atoms with Crippen LogP contribution in [0.1, 0.15) is 260 Å². The van der Waals surface area contributed by atoms with E-state index in [4.69, 9.17) is 8.83 Å². The Kier molecular flexibility index (Phi) is 20.4. The second kappa shape index (κ2) is 31.0. The first-order valence-electron chi connectivity index (χ1n) is 43.9. The lowest BCUT2D eigenvalue weighted by Gasteiger charge is -2.35. The highest BCUT2D eigenvalue weighted by Gasteiger charge is 2.50. The molecule has 0 bridgehead atoms. The molecule has 2 aromatic heterocycles. The largest absolute Gasteiger partial charge is 0.456 e. The number of anilines is 6. The standard InChI is InChI=1S/C109H114N2O2/c1-9-13-17-20-23-39-65-108(64-38-16-12-4)91-62-63-100-103(85-47-33-36-50-98(85)112-100)102(91)89-73-95-88(72-96(89)108)83-60-57-80(70-94(83)109(95,66-40-24-21-18-14-10-2)67-41-25-22-19-15-11-3)111(78-55-53-77(54-56-78)110(75-42-28-26-29-43-75)76-44-30-27-31-45-76)79-58-61-84-93(69-79)107(7,8)97-71-87(105-104(101(84)97)86-48-34-37-51-99(86)113-105)74-52-59-82-81-46-32-35-49-90(81)106(5,6)92(82)68-74/h26-37,42-63,68-73H,9-25,38-41,64-67H2,1-8H3. The molecule has 1 atom stereocenters. The minimum atomic E-state index is -0.396. The fourth-order valence-corrected chi connectivity index (χ4v) is 21.6. The van der Waals surface area contributed by atoms with Gasteiger partial charge in [0.2, 0.25) is 0 Å². The topological polar surface area (TPSA) is 32.8 Å². The Hall–Kier alpha value is -10.2. The molecule has 4 aliphatic rings. The van der Waals surface area contributed by atoms with Crippen molar-refractivity contribution in [3.63, 3.8) is 0 Å². The summed E-state index contributed by atoms with van der Waals surface area (Å²) in [6.07, 6.45) is 31.0. The molecule has 572 valence electrons. The van der Waals surface area contributed by atoms with Gasteiger partial charge in [0.15, 0.2) is 0 Å². The fourth-order valence-electron chi connectivity index (χ4n) is 21.6. The summed E-state index contributed by atoms with van der Waals surface area (Å²) in [6, 6.07) is 93.7. The van der Waals surface area contributed by atoms with Gasteiger partial charge in [0.05, 0.1) is 0 Å². The number of hydrogen-bond acceptors (Lipinski definition) is 4. The van der Waals surface area contributed by atoms with E-state index in [1.807, 2.05) is 0 Å². The third-order valence-corrected chi connectivity index (χ3v) is 27.5. The van der Waals surface area contributed by atoms with Gasteiger partial charge in [-0.05, 0) is 236 Å². The predicted molar refractivity (Wildman–Crippen MR) is 481 cm³/mol. The predicted octanol–water partition coefficient (Wildman–Crippen LogP) is 33.1. The highest BCUT2D eigenvalue weighted by atomic mass is 16.3. The molecular weight excluding hydrogens is 1370 g/mol. The molecule has 4 nitrogen and oxygen atoms in total. The molecule has 4 aliphatic carbocycles. The van der Waals surface area contributed by atoms with Crippen LogP contribution < -0.4 is 9.80 Å². The van der Waals surface area contributed by atoms with Crippen molar-refractivity contribution in [2.24, 2.45) is 0 Å². The first kappa shape index (κ1) is 74.3. The van der Waals surface area contributed by atoms with E-state index >= 15 is 0 Å². The number of hydrogen-bond donors (Lipinski definition) is 0. The van der Waals surface area contributed by atoms with Crippen molar-refractivity contribution < 1.29 is 8.83 Å². The molecule has 0 spiro atoms. The Balaban J connectivity index is 0.840. The molecule has 0 N–H and O–H groups in total. The van der Waals surface area contributed by atoms with Gasteiger partial charge in [0.25, 0.3) is 0 Å². The van der Waals surface area contributed by atoms with Crippen LogP contribution in [0.15, 0.2) is 251 Å². The number of nitrogens with zero attached hydrogens (tertiary/aromatic N) is 2. The highest BCUT2D eigenvalue weighted by Crippen LogP contribution is 2.65. The van der Waals surface area contributed by atoms with E-state index in [1.165, 1.54) is 235 Å². The maximum atomic E-state index is 7.22. The maximum Gasteiger partial charge on any atom is 0.143 e. The van der Waals surface area contributed by atoms with Crippen LogP contribution in [0.5, 0.6) is 0 Å². The number of para-hydroxylation sites is 4. The molecule has 0 aliphatic heterocycles. The minimum Gasteiger partial charge on any atom is -0.456 e. The van der Waals surface area contributed by atoms with Gasteiger partial charge in [-0.15, -0.1) is 0 Å². The van der Waals surface area contributed by atoms with Gasteiger partial charge in [-0.3, -0.25) is 0 Å². The second-order valence-electron chi connectivity index (χ2n) is 35.1. The summed E-state index contributed by atoms with van der Waals surface area (Å²) in [4.78, 5) is 5.03. The van der Waals surface area contributed by atoms with Crippen molar-refractivity contribution in [2.75, 3.05) is 9.80 Å². The van der Waals surface area contributed by atoms with Gasteiger partial charge >= 0.3 is 0 Å². The highest BCUT2D eigenvalue weighted by molar-refractivity contribution is 6.19. The minimum absolute atomic E-state index is 0.124. The van der Waals surface area contributed by atoms with Crippen molar-refractivity contribution in [2.45, 2.75) is 238 Å². The van der Waals surface area contributed by atoms with Crippen LogP contribution >= 0.6 is 0 Å². The van der Waals surface area contributed by atoms with Crippen molar-refractivity contribution >= 4 is 78.0 Å². The molecule has 2 heterocycles. The van der Waals surface area contributed by atoms with Gasteiger partial charge in [0.1, 0.15) is 22.3 Å². The zero-order chi connectivity index (χ0) is 77.0. The van der Waals surface area contributed by atoms with E-state index in [0.717, 1.165) is 87.4 Å². The number of unbranched alkanes of at least 4 members (excludes halogenated alkanes) is 17. The van der Waals surface area contributed by atoms with Gasteiger partial charge < -0.3 is 18.6 Å². The summed E-state index contributed by atoms with van der Waals surface area (Å²) in [5, 5.41) is 4.91. The van der Waals surface area contributed by atoms with E-state index in [0.29, 0.717) is 0 Å². The molecule has 14 aromatic rings. The van der Waals surface area contributed by atoms with E-state index in [2.05, 4.69) is 308 Å². The van der Waals surface area contributed by atoms with Gasteiger partial charge in [-0.1, -0.05) is 318 Å². The van der Waals surface area contributed by atoms with Crippen LogP contribution in [0.25, 0.3) is 99.5 Å². The monoisotopic (exact) mass is 1480 g/mol. The lowest BCUT2D eigenvalue weighted by atomic mass is 9.68. The number of furan rings is 2. The van der Waals surface area contributed by atoms with Crippen molar-refractivity contribution in [1.29, 1.82) is 0 Å². The van der Waals surface area contributed by atoms with E-state index in [9.17, 15) is 0 Å². The summed E-state index contributed by atoms with van der Waals surface area (Å²) in [5.41, 5.74) is 34.8. The molecule has 0 fully saturated rings. The molecule has 0 saturated heterocycles. The number of fused-ring (bicyclic) bond motifs is 20. The van der Waals surface area contributed by atoms with Crippen LogP contribution in [-0.2, 0) is 21.7 Å². The molecule has 4 heteroatoms. The first-order chi connectivity index (χ1) is 55.4. The number of benzene rings is 12. The van der Waals surface area contributed by atoms with Gasteiger partial charge in [-0.2, -0.15) is 0 Å². The molecule has 113 heavy (non-hydrogen) atoms. The zero-order valence-electron chi connectivity index (χ0n) is 68.5. The summed E-state index contributed by atoms with van der Waals surface area (Å²) >= 11 is 0. The van der Waals surface area contributed by atoms with Crippen LogP contribution in [0.2, 0.25) is 0 Å². The fraction of sp³-hybridized carbons (Fsp3) is 0.339. The Labute approximate surface area is 672 Å². The maximum absolute atomic E-state index is 7.22. The molecule has 18 rings (SSSR count). The Morgan fingerprint density at radius 1 is 0.248 bits per heavy atom. The summed E-state index contributed by atoms with van der Waals surface area (Å²) < 4.78 is 14.2. The average molecular weight is 1480 g/mol. The quantitative estimate of drug-likeness (QED) is 0.0394. The van der Waals surface area contributed by atoms with Crippen molar-refractivity contribution in [3.8, 4) is 55.6 Å². The second-order valence-corrected chi connectivity index (χ2v) is 35.1. The van der Waals surface area contributed by atoms with Crippen LogP contribution in [0.3, 0.4) is 0 Å². The smallest absolute Gasteiger partial charge is 0.143 e. The average Bonchev–Trinajstić information content (AvgIpc) is 1.52. The molecule has 0 amide bonds. The van der Waals surface area contributed by atoms with Crippen LogP contribution in [0, 0.1) is 0 Å². The molecule has 0 saturated carbocycles. The Bertz CT molecular complexity index is 5770. The SMILES string of the molecule is CCCCCCCCC1(CCCCCCCC)c2cc(N(c3ccc(N(c4ccccc4)c4ccccc4)cc3)c3ccc4c(c3)C(C)(C)c3cc(-c5ccc6c(c5)C(C)(C)c5ccccc5-6)c5oc6ccccc6c5c3-4)ccc2-c2cc3c(cc21)-c1c(ccc2oc4ccccc4c12)C3(CCCCC)CCCCCCCC. The van der Waals surface area contributed by atoms with Crippen LogP contribution in [-0.4, -0.2) is 0 Å². The lowest BCUT2D eigenvalue weighted by molar-refractivity contribution is 0.396. The number of rotatable bonds is 32. The van der Waals surface area contributed by atoms with E-state index in [-0.39, 0.29) is 16.2 Å². The van der Waals surface area contributed by atoms with Gasteiger partial charge in [0, 0.05) is 82.9 Å². The van der Waals surface area contributed by atoms with Gasteiger partial charge in [-0.25, -0.2) is 0 Å². The van der Waals surface area contributed by atoms with Crippen molar-refractivity contribution in [3.05, 3.63) is 287 Å². The third kappa shape index (κ3) is 12.8. The Morgan fingerprint density at radius 3 is 1.27 bits per heavy atom. The van der Waals surface area contributed by atoms with E-state index in [1.54, 1.807) is 16.7 Å². The molecule has 1 unspecified atom stereocenters. The lowest BCUT2D eigenvalue weighted by Crippen LogP contribution is -2.27. The molecule has 0 radical (unpaired) electrons. The third-order valence-electron chi connectivity index (χ3n) is 27.5. The summed E-state index contributed by atoms with van der Waals surface area (Å²) in [6.45, 7) is 19.2. The summed E-state index contributed by atoms with van der Waals surface area (Å²) in [7, 11) is 0. The van der Waals surface area contributed by atoms with E-state index < -0.39 is 5.41 Å². The van der Waals surface area contributed by atoms with Crippen LogP contribution in [0.4, 0.5) is 34.1 Å². The summed E-state index contributed by atoms with van der Waals surface area (Å²) in [5.74, 6) is 0. The van der Waals surface area contributed by atoms with Crippen molar-refractivity contribution in [1.82, 2.24) is 0 Å². The zero-order valence-corrected chi connectivity index (χ0v) is 68.5.